The fraction of sp³-hybridized carbons (Fsp3) is 0.933. The van der Waals surface area contributed by atoms with Gasteiger partial charge in [-0.1, -0.05) is 20.8 Å². The SMILES string of the molecule is CCCOCC(=O)C1(OCC)CCC(C)(C)CC1. The van der Waals surface area contributed by atoms with Crippen LogP contribution in [0.15, 0.2) is 0 Å². The molecule has 1 aliphatic rings. The largest absolute Gasteiger partial charge is 0.374 e. The molecule has 0 saturated heterocycles. The second-order valence-corrected chi connectivity index (χ2v) is 6.07. The van der Waals surface area contributed by atoms with Crippen molar-refractivity contribution >= 4 is 5.78 Å². The predicted octanol–water partition coefficient (Wildman–Crippen LogP) is 3.36. The van der Waals surface area contributed by atoms with Crippen molar-refractivity contribution in [1.29, 1.82) is 0 Å². The van der Waals surface area contributed by atoms with E-state index in [1.807, 2.05) is 13.8 Å². The summed E-state index contributed by atoms with van der Waals surface area (Å²) in [6.07, 6.45) is 4.71. The van der Waals surface area contributed by atoms with Crippen molar-refractivity contribution in [3.63, 3.8) is 0 Å². The third-order valence-corrected chi connectivity index (χ3v) is 3.92. The van der Waals surface area contributed by atoms with E-state index in [4.69, 9.17) is 9.47 Å². The first-order chi connectivity index (χ1) is 8.46. The Hall–Kier alpha value is -0.410. The number of ether oxygens (including phenoxy) is 2. The number of Topliss-reactive ketones (excluding diaryl/α,β-unsaturated/α-hetero) is 1. The average Bonchev–Trinajstić information content (AvgIpc) is 2.33. The van der Waals surface area contributed by atoms with Crippen LogP contribution in [0, 0.1) is 5.41 Å². The van der Waals surface area contributed by atoms with Crippen LogP contribution in [0.3, 0.4) is 0 Å². The first-order valence-corrected chi connectivity index (χ1v) is 7.21. The maximum atomic E-state index is 12.3. The summed E-state index contributed by atoms with van der Waals surface area (Å²) in [4.78, 5) is 12.3. The van der Waals surface area contributed by atoms with E-state index >= 15 is 0 Å². The van der Waals surface area contributed by atoms with E-state index in [1.165, 1.54) is 0 Å². The summed E-state index contributed by atoms with van der Waals surface area (Å²) >= 11 is 0. The van der Waals surface area contributed by atoms with E-state index in [0.717, 1.165) is 32.1 Å². The van der Waals surface area contributed by atoms with Crippen molar-refractivity contribution in [2.75, 3.05) is 19.8 Å². The highest BCUT2D eigenvalue weighted by Gasteiger charge is 2.44. The lowest BCUT2D eigenvalue weighted by molar-refractivity contribution is -0.156. The number of ketones is 1. The van der Waals surface area contributed by atoms with Gasteiger partial charge in [0.1, 0.15) is 12.2 Å². The van der Waals surface area contributed by atoms with Crippen molar-refractivity contribution in [3.05, 3.63) is 0 Å². The number of carbonyl (C=O) groups excluding carboxylic acids is 1. The lowest BCUT2D eigenvalue weighted by Crippen LogP contribution is -2.48. The van der Waals surface area contributed by atoms with Crippen LogP contribution in [-0.4, -0.2) is 31.2 Å². The molecule has 0 bridgehead atoms. The Bertz CT molecular complexity index is 261. The van der Waals surface area contributed by atoms with Gasteiger partial charge < -0.3 is 9.47 Å². The summed E-state index contributed by atoms with van der Waals surface area (Å²) in [6.45, 7) is 9.99. The van der Waals surface area contributed by atoms with Gasteiger partial charge in [-0.05, 0) is 44.4 Å². The van der Waals surface area contributed by atoms with Crippen molar-refractivity contribution in [2.45, 2.75) is 65.4 Å². The molecule has 0 aromatic heterocycles. The molecule has 1 aliphatic carbocycles. The van der Waals surface area contributed by atoms with Gasteiger partial charge in [-0.2, -0.15) is 0 Å². The molecule has 18 heavy (non-hydrogen) atoms. The molecule has 0 spiro atoms. The van der Waals surface area contributed by atoms with E-state index in [-0.39, 0.29) is 12.4 Å². The molecule has 0 amide bonds. The molecule has 106 valence electrons. The quantitative estimate of drug-likeness (QED) is 0.655. The summed E-state index contributed by atoms with van der Waals surface area (Å²) in [7, 11) is 0. The van der Waals surface area contributed by atoms with E-state index < -0.39 is 5.60 Å². The number of rotatable bonds is 7. The van der Waals surface area contributed by atoms with Gasteiger partial charge in [0.15, 0.2) is 5.78 Å². The molecule has 0 aliphatic heterocycles. The van der Waals surface area contributed by atoms with Crippen LogP contribution in [0.1, 0.15) is 59.8 Å². The fourth-order valence-corrected chi connectivity index (χ4v) is 2.55. The summed E-state index contributed by atoms with van der Waals surface area (Å²) < 4.78 is 11.2. The van der Waals surface area contributed by atoms with Gasteiger partial charge in [-0.3, -0.25) is 4.79 Å². The molecule has 0 unspecified atom stereocenters. The normalized spacial score (nSPS) is 21.8. The third-order valence-electron chi connectivity index (χ3n) is 3.92. The minimum atomic E-state index is -0.571. The molecule has 0 heterocycles. The molecule has 0 radical (unpaired) electrons. The Labute approximate surface area is 111 Å². The van der Waals surface area contributed by atoms with Crippen molar-refractivity contribution in [3.8, 4) is 0 Å². The lowest BCUT2D eigenvalue weighted by Gasteiger charge is -2.42. The van der Waals surface area contributed by atoms with E-state index in [2.05, 4.69) is 13.8 Å². The molecule has 0 N–H and O–H groups in total. The van der Waals surface area contributed by atoms with Crippen molar-refractivity contribution in [2.24, 2.45) is 5.41 Å². The summed E-state index contributed by atoms with van der Waals surface area (Å²) in [5.41, 5.74) is -0.233. The average molecular weight is 256 g/mol. The van der Waals surface area contributed by atoms with Crippen LogP contribution in [0.4, 0.5) is 0 Å². The minimum absolute atomic E-state index is 0.133. The van der Waals surface area contributed by atoms with Gasteiger partial charge in [-0.25, -0.2) is 0 Å². The van der Waals surface area contributed by atoms with Gasteiger partial charge in [0.05, 0.1) is 0 Å². The van der Waals surface area contributed by atoms with Crippen LogP contribution in [0.25, 0.3) is 0 Å². The van der Waals surface area contributed by atoms with Gasteiger partial charge in [0, 0.05) is 13.2 Å². The highest BCUT2D eigenvalue weighted by molar-refractivity contribution is 5.88. The molecule has 1 fully saturated rings. The topological polar surface area (TPSA) is 35.5 Å². The van der Waals surface area contributed by atoms with E-state index in [9.17, 15) is 4.79 Å². The van der Waals surface area contributed by atoms with Crippen molar-refractivity contribution in [1.82, 2.24) is 0 Å². The van der Waals surface area contributed by atoms with Crippen molar-refractivity contribution < 1.29 is 14.3 Å². The van der Waals surface area contributed by atoms with Crippen LogP contribution in [0.2, 0.25) is 0 Å². The van der Waals surface area contributed by atoms with E-state index in [1.54, 1.807) is 0 Å². The number of hydrogen-bond acceptors (Lipinski definition) is 3. The Morgan fingerprint density at radius 2 is 1.72 bits per heavy atom. The Morgan fingerprint density at radius 3 is 2.22 bits per heavy atom. The molecule has 3 heteroatoms. The zero-order valence-electron chi connectivity index (χ0n) is 12.4. The fourth-order valence-electron chi connectivity index (χ4n) is 2.55. The predicted molar refractivity (Wildman–Crippen MR) is 72.7 cm³/mol. The zero-order valence-corrected chi connectivity index (χ0v) is 12.4. The summed E-state index contributed by atoms with van der Waals surface area (Å²) in [5.74, 6) is 0.133. The Morgan fingerprint density at radius 1 is 1.11 bits per heavy atom. The third kappa shape index (κ3) is 4.06. The van der Waals surface area contributed by atoms with Gasteiger partial charge in [0.2, 0.25) is 0 Å². The second-order valence-electron chi connectivity index (χ2n) is 6.07. The first kappa shape index (κ1) is 15.6. The minimum Gasteiger partial charge on any atom is -0.374 e. The smallest absolute Gasteiger partial charge is 0.190 e. The standard InChI is InChI=1S/C15H28O3/c1-5-11-17-12-13(16)15(18-6-2)9-7-14(3,4)8-10-15/h5-12H2,1-4H3. The van der Waals surface area contributed by atoms with Gasteiger partial charge >= 0.3 is 0 Å². The molecule has 0 aromatic rings. The van der Waals surface area contributed by atoms with E-state index in [0.29, 0.717) is 18.6 Å². The van der Waals surface area contributed by atoms with Crippen LogP contribution in [-0.2, 0) is 14.3 Å². The molecule has 1 rings (SSSR count). The van der Waals surface area contributed by atoms with Gasteiger partial charge in [-0.15, -0.1) is 0 Å². The molecular weight excluding hydrogens is 228 g/mol. The number of carbonyl (C=O) groups is 1. The molecular formula is C15H28O3. The van der Waals surface area contributed by atoms with Crippen LogP contribution >= 0.6 is 0 Å². The lowest BCUT2D eigenvalue weighted by atomic mass is 9.69. The number of hydrogen-bond donors (Lipinski definition) is 0. The zero-order chi connectivity index (χ0) is 13.6. The first-order valence-electron chi connectivity index (χ1n) is 7.21. The maximum absolute atomic E-state index is 12.3. The maximum Gasteiger partial charge on any atom is 0.190 e. The molecule has 3 nitrogen and oxygen atoms in total. The summed E-state index contributed by atoms with van der Waals surface area (Å²) in [5, 5.41) is 0. The van der Waals surface area contributed by atoms with Gasteiger partial charge in [0.25, 0.3) is 0 Å². The highest BCUT2D eigenvalue weighted by atomic mass is 16.5. The molecule has 1 saturated carbocycles. The second kappa shape index (κ2) is 6.67. The molecule has 0 atom stereocenters. The van der Waals surface area contributed by atoms with Crippen LogP contribution < -0.4 is 0 Å². The highest BCUT2D eigenvalue weighted by Crippen LogP contribution is 2.42. The monoisotopic (exact) mass is 256 g/mol. The Balaban J connectivity index is 2.61. The van der Waals surface area contributed by atoms with Crippen LogP contribution in [0.5, 0.6) is 0 Å². The Kier molecular flexibility index (Phi) is 5.80. The molecule has 0 aromatic carbocycles. The summed E-state index contributed by atoms with van der Waals surface area (Å²) in [6, 6.07) is 0.